The lowest BCUT2D eigenvalue weighted by Gasteiger charge is -2.03. The first-order valence-electron chi connectivity index (χ1n) is 7.61. The predicted octanol–water partition coefficient (Wildman–Crippen LogP) is 1.53. The monoisotopic (exact) mass is 368 g/mol. The van der Waals surface area contributed by atoms with Gasteiger partial charge in [-0.3, -0.25) is 4.79 Å². The largest absolute Gasteiger partial charge is 0.398 e. The lowest BCUT2D eigenvalue weighted by molar-refractivity contribution is -0.114. The summed E-state index contributed by atoms with van der Waals surface area (Å²) in [7, 11) is 0. The average Bonchev–Trinajstić information content (AvgIpc) is 3.06. The molecular weight excluding hydrogens is 356 g/mol. The summed E-state index contributed by atoms with van der Waals surface area (Å²) in [6.45, 7) is 1.32. The number of hydrogen-bond acceptors (Lipinski definition) is 8. The van der Waals surface area contributed by atoms with Gasteiger partial charge in [0.05, 0.1) is 27.9 Å². The Labute approximate surface area is 152 Å². The molecule has 1 amide bonds. The van der Waals surface area contributed by atoms with Crippen molar-refractivity contribution in [1.82, 2.24) is 0 Å². The number of carbonyl (C=O) groups excluding carboxylic acids is 5. The van der Waals surface area contributed by atoms with Crippen molar-refractivity contribution in [1.29, 1.82) is 0 Å². The number of fused-ring (bicyclic) bond motifs is 2. The second-order valence-electron chi connectivity index (χ2n) is 5.53. The van der Waals surface area contributed by atoms with E-state index >= 15 is 0 Å². The Balaban J connectivity index is 0.000000159. The smallest absolute Gasteiger partial charge is 0.349 e. The van der Waals surface area contributed by atoms with Gasteiger partial charge in [0.2, 0.25) is 5.91 Å². The van der Waals surface area contributed by atoms with Crippen LogP contribution in [0.25, 0.3) is 0 Å². The summed E-state index contributed by atoms with van der Waals surface area (Å²) in [6, 6.07) is 9.27. The number of nitrogen functional groups attached to an aromatic ring is 1. The van der Waals surface area contributed by atoms with Crippen molar-refractivity contribution < 1.29 is 33.4 Å². The summed E-state index contributed by atoms with van der Waals surface area (Å²) in [5.74, 6) is -2.99. The Bertz CT molecular complexity index is 1030. The molecule has 0 radical (unpaired) electrons. The third kappa shape index (κ3) is 3.25. The van der Waals surface area contributed by atoms with Crippen molar-refractivity contribution in [2.45, 2.75) is 6.92 Å². The molecule has 3 N–H and O–H groups in total. The van der Waals surface area contributed by atoms with Gasteiger partial charge in [0.15, 0.2) is 0 Å². The molecule has 4 rings (SSSR count). The van der Waals surface area contributed by atoms with Crippen LogP contribution in [0, 0.1) is 0 Å². The second kappa shape index (κ2) is 6.71. The Morgan fingerprint density at radius 3 is 1.89 bits per heavy atom. The minimum atomic E-state index is -0.723. The maximum Gasteiger partial charge on any atom is 0.349 e. The summed E-state index contributed by atoms with van der Waals surface area (Å²) in [4.78, 5) is 55.2. The van der Waals surface area contributed by atoms with Gasteiger partial charge in [0, 0.05) is 12.6 Å². The van der Waals surface area contributed by atoms with Crippen LogP contribution in [0.4, 0.5) is 11.4 Å². The molecule has 0 atom stereocenters. The van der Waals surface area contributed by atoms with E-state index < -0.39 is 23.9 Å². The molecule has 2 aromatic carbocycles. The van der Waals surface area contributed by atoms with Crippen LogP contribution < -0.4 is 11.1 Å². The number of esters is 4. The van der Waals surface area contributed by atoms with Gasteiger partial charge in [0.1, 0.15) is 0 Å². The molecule has 2 aliphatic heterocycles. The number of carbonyl (C=O) groups is 5. The van der Waals surface area contributed by atoms with Crippen LogP contribution in [-0.2, 0) is 14.3 Å². The van der Waals surface area contributed by atoms with E-state index in [1.807, 2.05) is 0 Å². The van der Waals surface area contributed by atoms with Gasteiger partial charge in [-0.1, -0.05) is 12.1 Å². The van der Waals surface area contributed by atoms with E-state index in [-0.39, 0.29) is 33.8 Å². The molecule has 136 valence electrons. The maximum atomic E-state index is 11.3. The van der Waals surface area contributed by atoms with Crippen LogP contribution in [-0.4, -0.2) is 29.8 Å². The summed E-state index contributed by atoms with van der Waals surface area (Å²) in [6.07, 6.45) is 0. The summed E-state index contributed by atoms with van der Waals surface area (Å²) < 4.78 is 8.78. The number of amides is 1. The van der Waals surface area contributed by atoms with Crippen molar-refractivity contribution in [2.24, 2.45) is 0 Å². The van der Waals surface area contributed by atoms with E-state index in [9.17, 15) is 24.0 Å². The van der Waals surface area contributed by atoms with Crippen LogP contribution >= 0.6 is 0 Å². The quantitative estimate of drug-likeness (QED) is 0.438. The zero-order chi connectivity index (χ0) is 19.7. The van der Waals surface area contributed by atoms with E-state index in [1.54, 1.807) is 24.3 Å². The molecule has 27 heavy (non-hydrogen) atoms. The number of nitrogens with two attached hydrogens (primary N) is 1. The number of benzene rings is 2. The van der Waals surface area contributed by atoms with Crippen molar-refractivity contribution >= 4 is 41.2 Å². The van der Waals surface area contributed by atoms with E-state index in [2.05, 4.69) is 14.8 Å². The molecule has 2 aromatic rings. The summed E-state index contributed by atoms with van der Waals surface area (Å²) in [5, 5.41) is 2.46. The van der Waals surface area contributed by atoms with E-state index in [4.69, 9.17) is 5.73 Å². The first-order valence-corrected chi connectivity index (χ1v) is 7.61. The molecule has 0 fully saturated rings. The molecule has 2 heterocycles. The lowest BCUT2D eigenvalue weighted by Crippen LogP contribution is -2.09. The fourth-order valence-electron chi connectivity index (χ4n) is 2.58. The molecule has 2 aliphatic rings. The van der Waals surface area contributed by atoms with Gasteiger partial charge in [0.25, 0.3) is 0 Å². The second-order valence-corrected chi connectivity index (χ2v) is 5.53. The van der Waals surface area contributed by atoms with Gasteiger partial charge < -0.3 is 20.5 Å². The maximum absolute atomic E-state index is 11.3. The third-order valence-corrected chi connectivity index (χ3v) is 3.69. The van der Waals surface area contributed by atoms with Crippen molar-refractivity contribution in [3.05, 3.63) is 58.7 Å². The number of hydrogen-bond donors (Lipinski definition) is 2. The Morgan fingerprint density at radius 1 is 0.815 bits per heavy atom. The summed E-state index contributed by atoms with van der Waals surface area (Å²) in [5.41, 5.74) is 6.80. The van der Waals surface area contributed by atoms with Gasteiger partial charge >= 0.3 is 23.9 Å². The van der Waals surface area contributed by atoms with Gasteiger partial charge in [-0.25, -0.2) is 19.2 Å². The molecular formula is C18H12N2O7. The highest BCUT2D eigenvalue weighted by Crippen LogP contribution is 2.27. The van der Waals surface area contributed by atoms with E-state index in [1.165, 1.54) is 19.1 Å². The summed E-state index contributed by atoms with van der Waals surface area (Å²) >= 11 is 0. The van der Waals surface area contributed by atoms with Crippen LogP contribution in [0.3, 0.4) is 0 Å². The van der Waals surface area contributed by atoms with Crippen molar-refractivity contribution in [2.75, 3.05) is 11.1 Å². The fraction of sp³-hybridized carbons (Fsp3) is 0.0556. The molecule has 0 aliphatic carbocycles. The first kappa shape index (κ1) is 17.8. The van der Waals surface area contributed by atoms with E-state index in [0.717, 1.165) is 0 Å². The first-order chi connectivity index (χ1) is 12.8. The number of cyclic esters (lactones) is 4. The van der Waals surface area contributed by atoms with Crippen LogP contribution in [0.2, 0.25) is 0 Å². The molecule has 9 heteroatoms. The highest BCUT2D eigenvalue weighted by atomic mass is 16.6. The standard InChI is InChI=1S/C10H7NO4.C8H5NO3/c1-5(12)11-7-4-2-3-6-8(7)10(14)15-9(6)13;9-5-3-1-2-4-6(5)8(11)12-7(4)10/h2-4H,1H3,(H,11,12);1-3H,9H2. The molecule has 0 saturated carbocycles. The molecule has 0 spiro atoms. The van der Waals surface area contributed by atoms with Crippen molar-refractivity contribution in [3.63, 3.8) is 0 Å². The Kier molecular flexibility index (Phi) is 4.43. The van der Waals surface area contributed by atoms with Crippen molar-refractivity contribution in [3.8, 4) is 0 Å². The molecule has 0 aromatic heterocycles. The highest BCUT2D eigenvalue weighted by Gasteiger charge is 2.32. The van der Waals surface area contributed by atoms with Crippen LogP contribution in [0.1, 0.15) is 48.4 Å². The van der Waals surface area contributed by atoms with Gasteiger partial charge in [-0.2, -0.15) is 0 Å². The molecule has 0 saturated heterocycles. The Morgan fingerprint density at radius 2 is 1.33 bits per heavy atom. The molecule has 9 nitrogen and oxygen atoms in total. The zero-order valence-corrected chi connectivity index (χ0v) is 13.9. The van der Waals surface area contributed by atoms with E-state index in [0.29, 0.717) is 5.69 Å². The van der Waals surface area contributed by atoms with Gasteiger partial charge in [-0.05, 0) is 24.3 Å². The SMILES string of the molecule is CC(=O)Nc1cccc2c1C(=O)OC2=O.Nc1cccc2c1C(=O)OC2=O. The molecule has 0 bridgehead atoms. The van der Waals surface area contributed by atoms with Crippen LogP contribution in [0.15, 0.2) is 36.4 Å². The molecule has 0 unspecified atom stereocenters. The zero-order valence-electron chi connectivity index (χ0n) is 13.9. The Hall–Kier alpha value is -4.01. The lowest BCUT2D eigenvalue weighted by atomic mass is 10.1. The number of ether oxygens (including phenoxy) is 2. The minimum Gasteiger partial charge on any atom is -0.398 e. The highest BCUT2D eigenvalue weighted by molar-refractivity contribution is 6.18. The van der Waals surface area contributed by atoms with Gasteiger partial charge in [-0.15, -0.1) is 0 Å². The number of rotatable bonds is 1. The minimum absolute atomic E-state index is 0.123. The average molecular weight is 368 g/mol. The topological polar surface area (TPSA) is 142 Å². The fourth-order valence-corrected chi connectivity index (χ4v) is 2.58. The number of nitrogens with one attached hydrogen (secondary N) is 1. The third-order valence-electron chi connectivity index (χ3n) is 3.69. The predicted molar refractivity (Wildman–Crippen MR) is 91.1 cm³/mol. The normalized spacial score (nSPS) is 13.8. The number of anilines is 2. The van der Waals surface area contributed by atoms with Crippen LogP contribution in [0.5, 0.6) is 0 Å².